The second kappa shape index (κ2) is 10.1. The molecule has 2 fully saturated rings. The molecule has 1 aliphatic heterocycles. The van der Waals surface area contributed by atoms with Crippen molar-refractivity contribution in [3.05, 3.63) is 59.7 Å². The van der Waals surface area contributed by atoms with E-state index in [0.29, 0.717) is 13.2 Å². The van der Waals surface area contributed by atoms with Gasteiger partial charge >= 0.3 is 12.1 Å². The van der Waals surface area contributed by atoms with Gasteiger partial charge in [0, 0.05) is 18.9 Å². The zero-order chi connectivity index (χ0) is 24.4. The lowest BCUT2D eigenvalue weighted by molar-refractivity contribution is -0.146. The molecule has 2 aromatic rings. The second-order valence-electron chi connectivity index (χ2n) is 9.39. The Morgan fingerprint density at radius 2 is 1.74 bits per heavy atom. The molecule has 0 bridgehead atoms. The lowest BCUT2D eigenvalue weighted by Crippen LogP contribution is -2.57. The van der Waals surface area contributed by atoms with E-state index in [0.717, 1.165) is 41.5 Å². The number of fused-ring (bicyclic) bond motifs is 4. The number of ether oxygens (including phenoxy) is 2. The van der Waals surface area contributed by atoms with Crippen molar-refractivity contribution < 1.29 is 29.0 Å². The third-order valence-corrected chi connectivity index (χ3v) is 7.35. The Morgan fingerprint density at radius 1 is 1.06 bits per heavy atom. The van der Waals surface area contributed by atoms with Crippen molar-refractivity contribution in [1.29, 1.82) is 0 Å². The Hall–Kier alpha value is -3.39. The number of carboxylic acids is 1. The quantitative estimate of drug-likeness (QED) is 0.631. The number of amides is 2. The van der Waals surface area contributed by atoms with Crippen LogP contribution in [-0.2, 0) is 19.1 Å². The smallest absolute Gasteiger partial charge is 0.407 e. The van der Waals surface area contributed by atoms with Crippen molar-refractivity contribution in [1.82, 2.24) is 10.2 Å². The molecule has 2 aliphatic carbocycles. The fraction of sp³-hybridized carbons (Fsp3) is 0.444. The standard InChI is InChI=1S/C27H30N2O6/c30-25(31)13-12-22(26(32)29-14-15-34-24-11-5-10-23(24)29)28-27(33)35-16-21-19-8-3-1-6-17(19)18-7-2-4-9-20(18)21/h1-4,6-9,21-24H,5,10-16H2,(H,28,33)(H,30,31)/t22?,23-,24+/m1/s1. The molecule has 3 atom stereocenters. The van der Waals surface area contributed by atoms with Crippen LogP contribution in [-0.4, -0.2) is 65.9 Å². The lowest BCUT2D eigenvalue weighted by atomic mass is 9.98. The summed E-state index contributed by atoms with van der Waals surface area (Å²) in [4.78, 5) is 39.2. The first kappa shape index (κ1) is 23.4. The molecular weight excluding hydrogens is 448 g/mol. The van der Waals surface area contributed by atoms with Gasteiger partial charge in [0.2, 0.25) is 5.91 Å². The largest absolute Gasteiger partial charge is 0.481 e. The third kappa shape index (κ3) is 4.75. The number of rotatable bonds is 7. The van der Waals surface area contributed by atoms with Crippen LogP contribution in [0.5, 0.6) is 0 Å². The number of benzene rings is 2. The number of nitrogens with one attached hydrogen (secondary N) is 1. The summed E-state index contributed by atoms with van der Waals surface area (Å²) < 4.78 is 11.4. The van der Waals surface area contributed by atoms with Crippen LogP contribution in [0.2, 0.25) is 0 Å². The van der Waals surface area contributed by atoms with Crippen LogP contribution in [0, 0.1) is 0 Å². The molecule has 184 valence electrons. The molecule has 2 N–H and O–H groups in total. The second-order valence-corrected chi connectivity index (χ2v) is 9.39. The van der Waals surface area contributed by atoms with Crippen LogP contribution in [0.1, 0.15) is 49.1 Å². The fourth-order valence-electron chi connectivity index (χ4n) is 5.71. The van der Waals surface area contributed by atoms with Gasteiger partial charge in [0.15, 0.2) is 0 Å². The highest BCUT2D eigenvalue weighted by Gasteiger charge is 2.41. The van der Waals surface area contributed by atoms with Gasteiger partial charge in [-0.15, -0.1) is 0 Å². The van der Waals surface area contributed by atoms with Gasteiger partial charge in [0.1, 0.15) is 12.6 Å². The molecule has 8 nitrogen and oxygen atoms in total. The highest BCUT2D eigenvalue weighted by molar-refractivity contribution is 5.87. The monoisotopic (exact) mass is 478 g/mol. The number of morpholine rings is 1. The first-order chi connectivity index (χ1) is 17.0. The maximum absolute atomic E-state index is 13.4. The van der Waals surface area contributed by atoms with Gasteiger partial charge in [0.25, 0.3) is 0 Å². The Labute approximate surface area is 204 Å². The highest BCUT2D eigenvalue weighted by atomic mass is 16.5. The number of hydrogen-bond acceptors (Lipinski definition) is 5. The summed E-state index contributed by atoms with van der Waals surface area (Å²) in [5.41, 5.74) is 4.45. The van der Waals surface area contributed by atoms with Gasteiger partial charge in [0.05, 0.1) is 18.8 Å². The number of nitrogens with zero attached hydrogens (tertiary/aromatic N) is 1. The lowest BCUT2D eigenvalue weighted by Gasteiger charge is -2.39. The van der Waals surface area contributed by atoms with E-state index < -0.39 is 18.1 Å². The Bertz CT molecular complexity index is 1070. The zero-order valence-electron chi connectivity index (χ0n) is 19.5. The average molecular weight is 479 g/mol. The predicted molar refractivity (Wildman–Crippen MR) is 128 cm³/mol. The van der Waals surface area contributed by atoms with Crippen molar-refractivity contribution in [3.63, 3.8) is 0 Å². The first-order valence-corrected chi connectivity index (χ1v) is 12.3. The van der Waals surface area contributed by atoms with Crippen molar-refractivity contribution in [3.8, 4) is 11.1 Å². The van der Waals surface area contributed by atoms with Crippen LogP contribution >= 0.6 is 0 Å². The van der Waals surface area contributed by atoms with E-state index >= 15 is 0 Å². The van der Waals surface area contributed by atoms with Crippen molar-refractivity contribution in [2.75, 3.05) is 19.8 Å². The minimum Gasteiger partial charge on any atom is -0.481 e. The van der Waals surface area contributed by atoms with E-state index in [2.05, 4.69) is 17.4 Å². The molecule has 3 aliphatic rings. The predicted octanol–water partition coefficient (Wildman–Crippen LogP) is 3.54. The van der Waals surface area contributed by atoms with E-state index in [1.54, 1.807) is 4.90 Å². The Balaban J connectivity index is 1.26. The molecule has 0 spiro atoms. The molecule has 0 aromatic heterocycles. The van der Waals surface area contributed by atoms with E-state index in [1.807, 2.05) is 36.4 Å². The molecule has 1 saturated heterocycles. The van der Waals surface area contributed by atoms with Crippen LogP contribution in [0.15, 0.2) is 48.5 Å². The molecule has 1 saturated carbocycles. The van der Waals surface area contributed by atoms with Gasteiger partial charge in [-0.25, -0.2) is 4.79 Å². The summed E-state index contributed by atoms with van der Waals surface area (Å²) in [7, 11) is 0. The van der Waals surface area contributed by atoms with Crippen LogP contribution in [0.25, 0.3) is 11.1 Å². The van der Waals surface area contributed by atoms with E-state index in [4.69, 9.17) is 9.47 Å². The maximum atomic E-state index is 13.4. The van der Waals surface area contributed by atoms with Gasteiger partial charge < -0.3 is 24.8 Å². The topological polar surface area (TPSA) is 105 Å². The average Bonchev–Trinajstić information content (AvgIpc) is 3.47. The van der Waals surface area contributed by atoms with Crippen molar-refractivity contribution in [2.45, 2.75) is 56.2 Å². The molecule has 0 radical (unpaired) electrons. The number of hydrogen-bond donors (Lipinski definition) is 2. The molecule has 2 aromatic carbocycles. The van der Waals surface area contributed by atoms with Crippen molar-refractivity contribution >= 4 is 18.0 Å². The molecule has 35 heavy (non-hydrogen) atoms. The van der Waals surface area contributed by atoms with Crippen LogP contribution < -0.4 is 5.32 Å². The third-order valence-electron chi connectivity index (χ3n) is 7.35. The summed E-state index contributed by atoms with van der Waals surface area (Å²) in [6.07, 6.45) is 1.83. The summed E-state index contributed by atoms with van der Waals surface area (Å²) in [6, 6.07) is 15.1. The first-order valence-electron chi connectivity index (χ1n) is 12.3. The number of carbonyl (C=O) groups excluding carboxylic acids is 2. The molecule has 2 amide bonds. The Morgan fingerprint density at radius 3 is 2.43 bits per heavy atom. The van der Waals surface area contributed by atoms with Crippen LogP contribution in [0.3, 0.4) is 0 Å². The van der Waals surface area contributed by atoms with Gasteiger partial charge in [-0.2, -0.15) is 0 Å². The number of carboxylic acid groups (broad SMARTS) is 1. The van der Waals surface area contributed by atoms with E-state index in [9.17, 15) is 19.5 Å². The molecule has 8 heteroatoms. The molecule has 1 unspecified atom stereocenters. The van der Waals surface area contributed by atoms with Gasteiger partial charge in [-0.05, 0) is 47.9 Å². The highest BCUT2D eigenvalue weighted by Crippen LogP contribution is 2.44. The summed E-state index contributed by atoms with van der Waals surface area (Å²) in [6.45, 7) is 1.02. The van der Waals surface area contributed by atoms with Gasteiger partial charge in [-0.1, -0.05) is 48.5 Å². The minimum atomic E-state index is -1.02. The number of carbonyl (C=O) groups is 3. The SMILES string of the molecule is O=C(O)CCC(NC(=O)OCC1c2ccccc2-c2ccccc21)C(=O)N1CCO[C@H]2CCC[C@H]21. The van der Waals surface area contributed by atoms with Crippen LogP contribution in [0.4, 0.5) is 4.79 Å². The van der Waals surface area contributed by atoms with E-state index in [-0.39, 0.29) is 43.4 Å². The number of alkyl carbamates (subject to hydrolysis) is 1. The minimum absolute atomic E-state index is 0.00705. The van der Waals surface area contributed by atoms with Crippen molar-refractivity contribution in [2.24, 2.45) is 0 Å². The maximum Gasteiger partial charge on any atom is 0.407 e. The fourth-order valence-corrected chi connectivity index (χ4v) is 5.71. The summed E-state index contributed by atoms with van der Waals surface area (Å²) in [5.74, 6) is -1.38. The molecule has 5 rings (SSSR count). The van der Waals surface area contributed by atoms with E-state index in [1.165, 1.54) is 0 Å². The Kier molecular flexibility index (Phi) is 6.72. The summed E-state index contributed by atoms with van der Waals surface area (Å²) >= 11 is 0. The molecular formula is C27H30N2O6. The van der Waals surface area contributed by atoms with Gasteiger partial charge in [-0.3, -0.25) is 9.59 Å². The zero-order valence-corrected chi connectivity index (χ0v) is 19.5. The normalized spacial score (nSPS) is 21.5. The summed E-state index contributed by atoms with van der Waals surface area (Å²) in [5, 5.41) is 11.8. The molecule has 1 heterocycles. The number of aliphatic carboxylic acids is 1.